The first kappa shape index (κ1) is 8.14. The Morgan fingerprint density at radius 2 is 2.38 bits per heavy atom. The highest BCUT2D eigenvalue weighted by atomic mass is 79.9. The Bertz CT molecular complexity index is 612. The number of hydrogen-bond acceptors (Lipinski definition) is 2. The molecule has 5 heteroatoms. The maximum Gasteiger partial charge on any atom is 0.120 e. The molecule has 84 valence electrons. The summed E-state index contributed by atoms with van der Waals surface area (Å²) < 4.78 is 29.0. The monoisotopic (exact) mass is 303 g/mol. The van der Waals surface area contributed by atoms with E-state index in [0.29, 0.717) is 26.5 Å². The van der Waals surface area contributed by atoms with E-state index >= 15 is 0 Å². The molecule has 0 atom stereocenters. The molecular weight excluding hydrogens is 291 g/mol. The number of nitrogens with zero attached hydrogens (tertiary/aromatic N) is 2. The molecule has 0 fully saturated rings. The van der Waals surface area contributed by atoms with Crippen molar-refractivity contribution in [3.63, 3.8) is 0 Å². The molecule has 16 heavy (non-hydrogen) atoms. The first-order valence-corrected chi connectivity index (χ1v) is 5.59. The van der Waals surface area contributed by atoms with Crippen LogP contribution in [0.1, 0.15) is 4.11 Å². The van der Waals surface area contributed by atoms with Gasteiger partial charge in [0.15, 0.2) is 0 Å². The van der Waals surface area contributed by atoms with Gasteiger partial charge in [-0.1, -0.05) is 11.6 Å². The standard InChI is InChI=1S/C11H10BrClN2O/c1-15-11(9(12)6-14-15)8-4-3-7(16-2)5-10(8)13/h3-6H,1-2H3/i1D3. The molecule has 0 N–H and O–H groups in total. The number of aromatic nitrogens is 2. The molecule has 0 spiro atoms. The van der Waals surface area contributed by atoms with E-state index < -0.39 is 6.98 Å². The van der Waals surface area contributed by atoms with Gasteiger partial charge >= 0.3 is 0 Å². The minimum Gasteiger partial charge on any atom is -0.497 e. The fraction of sp³-hybridized carbons (Fsp3) is 0.182. The van der Waals surface area contributed by atoms with E-state index in [0.717, 1.165) is 4.68 Å². The molecule has 0 aliphatic carbocycles. The lowest BCUT2D eigenvalue weighted by atomic mass is 10.1. The van der Waals surface area contributed by atoms with Crippen LogP contribution in [-0.4, -0.2) is 16.9 Å². The van der Waals surface area contributed by atoms with Gasteiger partial charge in [-0.05, 0) is 34.1 Å². The van der Waals surface area contributed by atoms with Crippen LogP contribution in [0.15, 0.2) is 28.9 Å². The molecule has 1 aromatic carbocycles. The number of aryl methyl sites for hydroxylation is 1. The molecule has 0 saturated carbocycles. The summed E-state index contributed by atoms with van der Waals surface area (Å²) in [6.07, 6.45) is 1.43. The third kappa shape index (κ3) is 1.95. The summed E-state index contributed by atoms with van der Waals surface area (Å²) in [4.78, 5) is 0. The van der Waals surface area contributed by atoms with Gasteiger partial charge in [-0.25, -0.2) is 0 Å². The second kappa shape index (κ2) is 4.47. The highest BCUT2D eigenvalue weighted by Crippen LogP contribution is 2.34. The summed E-state index contributed by atoms with van der Waals surface area (Å²) >= 11 is 9.46. The molecule has 0 radical (unpaired) electrons. The van der Waals surface area contributed by atoms with Crippen molar-refractivity contribution < 1.29 is 8.85 Å². The van der Waals surface area contributed by atoms with Crippen LogP contribution in [0, 0.1) is 0 Å². The van der Waals surface area contributed by atoms with Crippen LogP contribution >= 0.6 is 27.5 Å². The molecule has 0 aliphatic rings. The number of methoxy groups -OCH3 is 1. The van der Waals surface area contributed by atoms with E-state index in [4.69, 9.17) is 20.5 Å². The summed E-state index contributed by atoms with van der Waals surface area (Å²) in [5, 5.41) is 4.26. The van der Waals surface area contributed by atoms with Crippen molar-refractivity contribution in [2.75, 3.05) is 7.11 Å². The lowest BCUT2D eigenvalue weighted by Gasteiger charge is -2.07. The second-order valence-electron chi connectivity index (χ2n) is 3.10. The molecule has 0 aliphatic heterocycles. The molecule has 0 bridgehead atoms. The zero-order valence-electron chi connectivity index (χ0n) is 11.4. The first-order chi connectivity index (χ1) is 8.84. The van der Waals surface area contributed by atoms with Crippen LogP contribution in [-0.2, 0) is 6.98 Å². The average molecular weight is 305 g/mol. The van der Waals surface area contributed by atoms with Crippen molar-refractivity contribution in [3.05, 3.63) is 33.9 Å². The van der Waals surface area contributed by atoms with Crippen molar-refractivity contribution in [1.29, 1.82) is 0 Å². The summed E-state index contributed by atoms with van der Waals surface area (Å²) in [5.41, 5.74) is 0.982. The molecule has 1 heterocycles. The molecule has 1 aromatic heterocycles. The smallest absolute Gasteiger partial charge is 0.120 e. The van der Waals surface area contributed by atoms with Crippen LogP contribution in [0.2, 0.25) is 5.02 Å². The van der Waals surface area contributed by atoms with E-state index in [9.17, 15) is 0 Å². The Labute approximate surface area is 111 Å². The van der Waals surface area contributed by atoms with Gasteiger partial charge in [-0.2, -0.15) is 5.10 Å². The van der Waals surface area contributed by atoms with Gasteiger partial charge in [0.25, 0.3) is 0 Å². The second-order valence-corrected chi connectivity index (χ2v) is 4.36. The number of halogens is 2. The maximum atomic E-state index is 7.47. The van der Waals surface area contributed by atoms with E-state index in [2.05, 4.69) is 21.0 Å². The summed E-state index contributed by atoms with van der Waals surface area (Å²) in [6.45, 7) is -2.37. The quantitative estimate of drug-likeness (QED) is 0.849. The fourth-order valence-electron chi connectivity index (χ4n) is 1.39. The van der Waals surface area contributed by atoms with Crippen molar-refractivity contribution >= 4 is 27.5 Å². The zero-order valence-corrected chi connectivity index (χ0v) is 10.7. The fourth-order valence-corrected chi connectivity index (χ4v) is 2.12. The maximum absolute atomic E-state index is 7.47. The van der Waals surface area contributed by atoms with Crippen molar-refractivity contribution in [1.82, 2.24) is 9.78 Å². The first-order valence-electron chi connectivity index (χ1n) is 5.92. The molecule has 0 amide bonds. The largest absolute Gasteiger partial charge is 0.497 e. The van der Waals surface area contributed by atoms with E-state index in [-0.39, 0.29) is 0 Å². The summed E-state index contributed by atoms with van der Waals surface area (Å²) in [5.74, 6) is 0.602. The topological polar surface area (TPSA) is 27.1 Å². The van der Waals surface area contributed by atoms with Gasteiger partial charge in [0.05, 0.1) is 28.5 Å². The number of rotatable bonds is 2. The lowest BCUT2D eigenvalue weighted by molar-refractivity contribution is 0.415. The van der Waals surface area contributed by atoms with E-state index in [1.54, 1.807) is 18.2 Å². The van der Waals surface area contributed by atoms with Crippen LogP contribution in [0.25, 0.3) is 11.3 Å². The zero-order chi connectivity index (χ0) is 14.2. The average Bonchev–Trinajstić information content (AvgIpc) is 2.71. The molecule has 0 saturated heterocycles. The molecule has 2 aromatic rings. The van der Waals surface area contributed by atoms with Crippen LogP contribution < -0.4 is 4.74 Å². The SMILES string of the molecule is [2H]C([2H])([2H])n1ncc(Br)c1-c1ccc(OC)cc1Cl. The lowest BCUT2D eigenvalue weighted by Crippen LogP contribution is -1.94. The van der Waals surface area contributed by atoms with E-state index in [1.807, 2.05) is 0 Å². The normalized spacial score (nSPS) is 14.1. The highest BCUT2D eigenvalue weighted by molar-refractivity contribution is 9.10. The van der Waals surface area contributed by atoms with Gasteiger partial charge < -0.3 is 4.74 Å². The summed E-state index contributed by atoms with van der Waals surface area (Å²) in [6, 6.07) is 5.04. The van der Waals surface area contributed by atoms with Crippen LogP contribution in [0.5, 0.6) is 5.75 Å². The molecule has 3 nitrogen and oxygen atoms in total. The predicted octanol–water partition coefficient (Wildman–Crippen LogP) is 3.51. The minimum absolute atomic E-state index is 0.394. The summed E-state index contributed by atoms with van der Waals surface area (Å²) in [7, 11) is 1.54. The van der Waals surface area contributed by atoms with Crippen molar-refractivity contribution in [2.24, 2.45) is 6.98 Å². The highest BCUT2D eigenvalue weighted by Gasteiger charge is 2.12. The van der Waals surface area contributed by atoms with Gasteiger partial charge in [-0.3, -0.25) is 4.68 Å². The van der Waals surface area contributed by atoms with Gasteiger partial charge in [-0.15, -0.1) is 0 Å². The molecule has 0 unspecified atom stereocenters. The predicted molar refractivity (Wildman–Crippen MR) is 67.9 cm³/mol. The minimum atomic E-state index is -2.37. The number of benzene rings is 1. The number of hydrogen-bond donors (Lipinski definition) is 0. The van der Waals surface area contributed by atoms with Crippen molar-refractivity contribution in [2.45, 2.75) is 0 Å². The van der Waals surface area contributed by atoms with Crippen LogP contribution in [0.4, 0.5) is 0 Å². The van der Waals surface area contributed by atoms with Crippen molar-refractivity contribution in [3.8, 4) is 17.0 Å². The Balaban J connectivity index is 2.62. The van der Waals surface area contributed by atoms with Gasteiger partial charge in [0.1, 0.15) is 5.75 Å². The molecule has 2 rings (SSSR count). The third-order valence-electron chi connectivity index (χ3n) is 2.16. The van der Waals surface area contributed by atoms with Gasteiger partial charge in [0.2, 0.25) is 0 Å². The third-order valence-corrected chi connectivity index (χ3v) is 3.05. The van der Waals surface area contributed by atoms with Crippen LogP contribution in [0.3, 0.4) is 0 Å². The number of ether oxygens (including phenoxy) is 1. The Morgan fingerprint density at radius 1 is 1.56 bits per heavy atom. The Morgan fingerprint density at radius 3 is 3.00 bits per heavy atom. The Kier molecular flexibility index (Phi) is 2.28. The molecular formula is C11H10BrClN2O. The van der Waals surface area contributed by atoms with E-state index in [1.165, 1.54) is 13.3 Å². The Hall–Kier alpha value is -1.00. The van der Waals surface area contributed by atoms with Gasteiger partial charge in [0, 0.05) is 16.7 Å².